The molecule has 1 fully saturated rings. The topological polar surface area (TPSA) is 78.3 Å². The first-order chi connectivity index (χ1) is 14.8. The maximum Gasteiger partial charge on any atom is 0.231 e. The minimum atomic E-state index is -0.548. The Morgan fingerprint density at radius 2 is 1.93 bits per heavy atom. The van der Waals surface area contributed by atoms with E-state index in [9.17, 15) is 4.79 Å². The molecule has 30 heavy (non-hydrogen) atoms. The van der Waals surface area contributed by atoms with Crippen molar-refractivity contribution in [2.24, 2.45) is 0 Å². The van der Waals surface area contributed by atoms with Gasteiger partial charge >= 0.3 is 0 Å². The molecule has 7 heteroatoms. The molecule has 1 aliphatic carbocycles. The number of nitrogens with zero attached hydrogens (tertiary/aromatic N) is 3. The molecule has 0 spiro atoms. The molecule has 0 radical (unpaired) electrons. The minimum absolute atomic E-state index is 0.0522. The van der Waals surface area contributed by atoms with E-state index in [2.05, 4.69) is 15.4 Å². The van der Waals surface area contributed by atoms with Crippen molar-refractivity contribution in [3.8, 4) is 17.3 Å². The van der Waals surface area contributed by atoms with Crippen LogP contribution in [-0.2, 0) is 16.8 Å². The van der Waals surface area contributed by atoms with Gasteiger partial charge in [0.25, 0.3) is 0 Å². The number of pyridine rings is 1. The predicted octanol–water partition coefficient (Wildman–Crippen LogP) is 3.51. The van der Waals surface area contributed by atoms with Crippen LogP contribution in [0.5, 0.6) is 11.5 Å². The second-order valence-corrected chi connectivity index (χ2v) is 7.83. The lowest BCUT2D eigenvalue weighted by Gasteiger charge is -2.36. The summed E-state index contributed by atoms with van der Waals surface area (Å²) >= 11 is 0. The third-order valence-corrected chi connectivity index (χ3v) is 6.10. The van der Waals surface area contributed by atoms with Crippen LogP contribution in [0.25, 0.3) is 5.82 Å². The molecule has 2 aliphatic rings. The number of aromatic nitrogens is 3. The Morgan fingerprint density at radius 1 is 1.07 bits per heavy atom. The summed E-state index contributed by atoms with van der Waals surface area (Å²) < 4.78 is 12.7. The third kappa shape index (κ3) is 3.30. The molecular weight excluding hydrogens is 380 g/mol. The highest BCUT2D eigenvalue weighted by atomic mass is 16.7. The first-order valence-electron chi connectivity index (χ1n) is 10.4. The first-order valence-corrected chi connectivity index (χ1v) is 10.4. The Morgan fingerprint density at radius 3 is 2.77 bits per heavy atom. The lowest BCUT2D eigenvalue weighted by Crippen LogP contribution is -2.45. The largest absolute Gasteiger partial charge is 0.454 e. The quantitative estimate of drug-likeness (QED) is 0.704. The summed E-state index contributed by atoms with van der Waals surface area (Å²) in [7, 11) is 0. The molecule has 0 unspecified atom stereocenters. The number of ether oxygens (including phenoxy) is 2. The SMILES string of the molecule is O=C(NCc1cccnc1-n1cccn1)C1(c2ccc3c(c2)OCO3)CCCCC1. The van der Waals surface area contributed by atoms with E-state index >= 15 is 0 Å². The van der Waals surface area contributed by atoms with Crippen molar-refractivity contribution in [2.45, 2.75) is 44.1 Å². The fraction of sp³-hybridized carbons (Fsp3) is 0.348. The number of carbonyl (C=O) groups is 1. The van der Waals surface area contributed by atoms with Gasteiger partial charge in [-0.15, -0.1) is 0 Å². The number of nitrogens with one attached hydrogen (secondary N) is 1. The molecule has 3 aromatic rings. The molecule has 1 saturated carbocycles. The maximum absolute atomic E-state index is 13.6. The summed E-state index contributed by atoms with van der Waals surface area (Å²) in [6.45, 7) is 0.628. The molecular formula is C23H24N4O3. The van der Waals surface area contributed by atoms with Gasteiger partial charge in [0.05, 0.1) is 5.41 Å². The number of amides is 1. The van der Waals surface area contributed by atoms with Crippen LogP contribution < -0.4 is 14.8 Å². The van der Waals surface area contributed by atoms with Crippen LogP contribution in [0.3, 0.4) is 0 Å². The van der Waals surface area contributed by atoms with Gasteiger partial charge in [0.2, 0.25) is 12.7 Å². The van der Waals surface area contributed by atoms with E-state index in [0.29, 0.717) is 6.54 Å². The predicted molar refractivity (Wildman–Crippen MR) is 111 cm³/mol. The Bertz CT molecular complexity index is 1040. The van der Waals surface area contributed by atoms with Crippen molar-refractivity contribution in [2.75, 3.05) is 6.79 Å². The van der Waals surface area contributed by atoms with Gasteiger partial charge < -0.3 is 14.8 Å². The van der Waals surface area contributed by atoms with E-state index in [0.717, 1.165) is 60.5 Å². The molecule has 0 atom stereocenters. The number of fused-ring (bicyclic) bond motifs is 1. The summed E-state index contributed by atoms with van der Waals surface area (Å²) in [5.41, 5.74) is 1.38. The summed E-state index contributed by atoms with van der Waals surface area (Å²) in [6, 6.07) is 11.6. The van der Waals surface area contributed by atoms with E-state index in [1.54, 1.807) is 17.1 Å². The van der Waals surface area contributed by atoms with Gasteiger partial charge in [0.15, 0.2) is 17.3 Å². The monoisotopic (exact) mass is 404 g/mol. The minimum Gasteiger partial charge on any atom is -0.454 e. The van der Waals surface area contributed by atoms with Crippen LogP contribution in [0.2, 0.25) is 0 Å². The smallest absolute Gasteiger partial charge is 0.231 e. The number of carbonyl (C=O) groups excluding carboxylic acids is 1. The third-order valence-electron chi connectivity index (χ3n) is 6.10. The standard InChI is InChI=1S/C23H24N4O3/c28-22(25-15-17-6-4-11-24-21(17)27-13-5-12-26-27)23(9-2-1-3-10-23)18-7-8-19-20(14-18)30-16-29-19/h4-8,11-14H,1-3,9-10,15-16H2,(H,25,28). The first kappa shape index (κ1) is 18.7. The second-order valence-electron chi connectivity index (χ2n) is 7.83. The number of rotatable bonds is 5. The molecule has 0 bridgehead atoms. The van der Waals surface area contributed by atoms with Crippen LogP contribution in [0.15, 0.2) is 55.0 Å². The lowest BCUT2D eigenvalue weighted by molar-refractivity contribution is -0.128. The number of hydrogen-bond acceptors (Lipinski definition) is 5. The lowest BCUT2D eigenvalue weighted by atomic mass is 9.68. The summed E-state index contributed by atoms with van der Waals surface area (Å²) in [4.78, 5) is 18.0. The van der Waals surface area contributed by atoms with E-state index in [1.807, 2.05) is 42.6 Å². The maximum atomic E-state index is 13.6. The second kappa shape index (κ2) is 7.82. The fourth-order valence-corrected chi connectivity index (χ4v) is 4.51. The van der Waals surface area contributed by atoms with Gasteiger partial charge in [-0.3, -0.25) is 4.79 Å². The van der Waals surface area contributed by atoms with Gasteiger partial charge in [-0.05, 0) is 42.7 Å². The Hall–Kier alpha value is -3.35. The van der Waals surface area contributed by atoms with E-state index < -0.39 is 5.41 Å². The summed E-state index contributed by atoms with van der Waals surface area (Å²) in [5.74, 6) is 2.24. The van der Waals surface area contributed by atoms with E-state index in [4.69, 9.17) is 9.47 Å². The summed E-state index contributed by atoms with van der Waals surface area (Å²) in [5, 5.41) is 7.46. The fourth-order valence-electron chi connectivity index (χ4n) is 4.51. The van der Waals surface area contributed by atoms with E-state index in [-0.39, 0.29) is 12.7 Å². The molecule has 2 aromatic heterocycles. The van der Waals surface area contributed by atoms with Crippen LogP contribution in [-0.4, -0.2) is 27.5 Å². The zero-order valence-electron chi connectivity index (χ0n) is 16.7. The molecule has 0 saturated heterocycles. The molecule has 1 aromatic carbocycles. The number of benzene rings is 1. The molecule has 1 amide bonds. The molecule has 3 heterocycles. The van der Waals surface area contributed by atoms with Crippen molar-refractivity contribution in [1.82, 2.24) is 20.1 Å². The average molecular weight is 404 g/mol. The van der Waals surface area contributed by atoms with Crippen molar-refractivity contribution in [3.05, 3.63) is 66.1 Å². The molecule has 1 aliphatic heterocycles. The average Bonchev–Trinajstić information content (AvgIpc) is 3.49. The Kier molecular flexibility index (Phi) is 4.86. The zero-order valence-corrected chi connectivity index (χ0v) is 16.7. The molecule has 5 rings (SSSR count). The van der Waals surface area contributed by atoms with Gasteiger partial charge in [0, 0.05) is 30.7 Å². The van der Waals surface area contributed by atoms with Crippen molar-refractivity contribution in [3.63, 3.8) is 0 Å². The van der Waals surface area contributed by atoms with Crippen molar-refractivity contribution in [1.29, 1.82) is 0 Å². The van der Waals surface area contributed by atoms with Gasteiger partial charge in [0.1, 0.15) is 0 Å². The van der Waals surface area contributed by atoms with Crippen molar-refractivity contribution < 1.29 is 14.3 Å². The summed E-state index contributed by atoms with van der Waals surface area (Å²) in [6.07, 6.45) is 10.2. The highest BCUT2D eigenvalue weighted by molar-refractivity contribution is 5.88. The Balaban J connectivity index is 1.41. The van der Waals surface area contributed by atoms with Crippen LogP contribution in [0.1, 0.15) is 43.2 Å². The zero-order chi connectivity index (χ0) is 20.4. The van der Waals surface area contributed by atoms with Crippen LogP contribution in [0.4, 0.5) is 0 Å². The normalized spacial score (nSPS) is 16.9. The van der Waals surface area contributed by atoms with Gasteiger partial charge in [-0.2, -0.15) is 5.10 Å². The van der Waals surface area contributed by atoms with Crippen LogP contribution in [0, 0.1) is 0 Å². The molecule has 7 nitrogen and oxygen atoms in total. The molecule has 154 valence electrons. The highest BCUT2D eigenvalue weighted by Gasteiger charge is 2.41. The van der Waals surface area contributed by atoms with Gasteiger partial charge in [-0.1, -0.05) is 31.4 Å². The Labute approximate surface area is 175 Å². The number of hydrogen-bond donors (Lipinski definition) is 1. The molecule has 1 N–H and O–H groups in total. The van der Waals surface area contributed by atoms with Crippen molar-refractivity contribution >= 4 is 5.91 Å². The van der Waals surface area contributed by atoms with E-state index in [1.165, 1.54) is 0 Å². The van der Waals surface area contributed by atoms with Gasteiger partial charge in [-0.25, -0.2) is 9.67 Å². The van der Waals surface area contributed by atoms with Crippen LogP contribution >= 0.6 is 0 Å². The highest BCUT2D eigenvalue weighted by Crippen LogP contribution is 2.43.